The smallest absolute Gasteiger partial charge is 0.133 e. The van der Waals surface area contributed by atoms with Gasteiger partial charge in [0.05, 0.1) is 5.69 Å². The first-order valence-corrected chi connectivity index (χ1v) is 12.5. The summed E-state index contributed by atoms with van der Waals surface area (Å²) in [7, 11) is 0. The van der Waals surface area contributed by atoms with Crippen LogP contribution in [0.15, 0.2) is 36.5 Å². The molecular weight excluding hydrogens is 378 g/mol. The van der Waals surface area contributed by atoms with Gasteiger partial charge in [-0.3, -0.25) is 9.78 Å². The van der Waals surface area contributed by atoms with Gasteiger partial charge in [-0.15, -0.1) is 0 Å². The van der Waals surface area contributed by atoms with Gasteiger partial charge < -0.3 is 0 Å². The SMILES string of the molecule is O=C(CCc1cccc2c1CCCC2)CC1CCCC(c2nccc3c2C=CCC3)C1. The second kappa shape index (κ2) is 9.51. The third-order valence-corrected chi connectivity index (χ3v) is 7.83. The summed E-state index contributed by atoms with van der Waals surface area (Å²) < 4.78 is 0. The lowest BCUT2D eigenvalue weighted by Crippen LogP contribution is -2.20. The van der Waals surface area contributed by atoms with E-state index in [4.69, 9.17) is 4.98 Å². The van der Waals surface area contributed by atoms with Crippen molar-refractivity contribution >= 4 is 11.9 Å². The highest BCUT2D eigenvalue weighted by Crippen LogP contribution is 2.40. The molecule has 3 aliphatic carbocycles. The van der Waals surface area contributed by atoms with Crippen molar-refractivity contribution < 1.29 is 4.79 Å². The molecule has 1 fully saturated rings. The summed E-state index contributed by atoms with van der Waals surface area (Å²) in [5, 5.41) is 0. The van der Waals surface area contributed by atoms with Gasteiger partial charge in [0, 0.05) is 25.0 Å². The van der Waals surface area contributed by atoms with Crippen LogP contribution in [0.5, 0.6) is 0 Å². The zero-order chi connectivity index (χ0) is 21.0. The third kappa shape index (κ3) is 4.68. The Balaban J connectivity index is 1.20. The van der Waals surface area contributed by atoms with Crippen molar-refractivity contribution in [2.24, 2.45) is 5.92 Å². The fraction of sp³-hybridized carbons (Fsp3) is 0.517. The second-order valence-electron chi connectivity index (χ2n) is 9.94. The van der Waals surface area contributed by atoms with Crippen molar-refractivity contribution in [1.82, 2.24) is 4.98 Å². The highest BCUT2D eigenvalue weighted by atomic mass is 16.1. The van der Waals surface area contributed by atoms with Gasteiger partial charge in [-0.05, 0) is 104 Å². The quantitative estimate of drug-likeness (QED) is 0.522. The molecule has 162 valence electrons. The van der Waals surface area contributed by atoms with E-state index in [1.807, 2.05) is 6.20 Å². The molecule has 2 unspecified atom stereocenters. The van der Waals surface area contributed by atoms with Crippen LogP contribution in [0.4, 0.5) is 0 Å². The van der Waals surface area contributed by atoms with Crippen LogP contribution in [-0.4, -0.2) is 10.8 Å². The number of ketones is 1. The van der Waals surface area contributed by atoms with Crippen LogP contribution >= 0.6 is 0 Å². The number of aromatic nitrogens is 1. The van der Waals surface area contributed by atoms with E-state index in [0.717, 1.165) is 32.1 Å². The average Bonchev–Trinajstić information content (AvgIpc) is 2.82. The van der Waals surface area contributed by atoms with E-state index in [9.17, 15) is 4.79 Å². The molecule has 2 atom stereocenters. The van der Waals surface area contributed by atoms with E-state index in [0.29, 0.717) is 24.0 Å². The van der Waals surface area contributed by atoms with Crippen LogP contribution < -0.4 is 0 Å². The van der Waals surface area contributed by atoms with Crippen LogP contribution in [0, 0.1) is 5.92 Å². The Hall–Kier alpha value is -2.22. The molecule has 0 spiro atoms. The van der Waals surface area contributed by atoms with Gasteiger partial charge in [0.15, 0.2) is 0 Å². The normalized spacial score (nSPS) is 22.6. The summed E-state index contributed by atoms with van der Waals surface area (Å²) in [6, 6.07) is 8.92. The van der Waals surface area contributed by atoms with Crippen molar-refractivity contribution in [3.05, 3.63) is 70.0 Å². The van der Waals surface area contributed by atoms with E-state index in [-0.39, 0.29) is 0 Å². The second-order valence-corrected chi connectivity index (χ2v) is 9.94. The minimum atomic E-state index is 0.460. The van der Waals surface area contributed by atoms with E-state index >= 15 is 0 Å². The van der Waals surface area contributed by atoms with Crippen molar-refractivity contribution in [3.8, 4) is 0 Å². The van der Waals surface area contributed by atoms with Crippen LogP contribution in [-0.2, 0) is 30.5 Å². The third-order valence-electron chi connectivity index (χ3n) is 7.83. The van der Waals surface area contributed by atoms with Crippen molar-refractivity contribution in [2.75, 3.05) is 0 Å². The number of rotatable bonds is 6. The van der Waals surface area contributed by atoms with Gasteiger partial charge in [-0.2, -0.15) is 0 Å². The van der Waals surface area contributed by atoms with Gasteiger partial charge in [-0.25, -0.2) is 0 Å². The number of hydrogen-bond donors (Lipinski definition) is 0. The number of hydrogen-bond acceptors (Lipinski definition) is 2. The Bertz CT molecular complexity index is 973. The molecule has 1 aromatic carbocycles. The summed E-state index contributed by atoms with van der Waals surface area (Å²) in [5.41, 5.74) is 8.63. The van der Waals surface area contributed by atoms with Crippen molar-refractivity contribution in [3.63, 3.8) is 0 Å². The van der Waals surface area contributed by atoms with Crippen molar-refractivity contribution in [1.29, 1.82) is 0 Å². The minimum Gasteiger partial charge on any atom is -0.300 e. The Morgan fingerprint density at radius 3 is 2.90 bits per heavy atom. The van der Waals surface area contributed by atoms with Crippen LogP contribution in [0.3, 0.4) is 0 Å². The molecule has 0 radical (unpaired) electrons. The summed E-state index contributed by atoms with van der Waals surface area (Å²) in [5.74, 6) is 1.51. The summed E-state index contributed by atoms with van der Waals surface area (Å²) >= 11 is 0. The first-order chi connectivity index (χ1) is 15.3. The Morgan fingerprint density at radius 2 is 1.94 bits per heavy atom. The topological polar surface area (TPSA) is 30.0 Å². The molecule has 1 saturated carbocycles. The maximum atomic E-state index is 12.9. The Kier molecular flexibility index (Phi) is 6.34. The predicted molar refractivity (Wildman–Crippen MR) is 127 cm³/mol. The van der Waals surface area contributed by atoms with Gasteiger partial charge in [0.25, 0.3) is 0 Å². The van der Waals surface area contributed by atoms with Gasteiger partial charge in [0.1, 0.15) is 5.78 Å². The first-order valence-electron chi connectivity index (χ1n) is 12.5. The van der Waals surface area contributed by atoms with Crippen LogP contribution in [0.25, 0.3) is 6.08 Å². The lowest BCUT2D eigenvalue weighted by molar-refractivity contribution is -0.120. The van der Waals surface area contributed by atoms with E-state index < -0.39 is 0 Å². The van der Waals surface area contributed by atoms with Gasteiger partial charge in [-0.1, -0.05) is 36.8 Å². The molecule has 0 bridgehead atoms. The van der Waals surface area contributed by atoms with E-state index in [1.54, 1.807) is 5.56 Å². The van der Waals surface area contributed by atoms with Gasteiger partial charge in [0.2, 0.25) is 0 Å². The predicted octanol–water partition coefficient (Wildman–Crippen LogP) is 6.79. The number of nitrogens with zero attached hydrogens (tertiary/aromatic N) is 1. The van der Waals surface area contributed by atoms with Crippen LogP contribution in [0.2, 0.25) is 0 Å². The number of pyridine rings is 1. The molecular formula is C29H35NO. The number of allylic oxidation sites excluding steroid dienone is 1. The molecule has 2 heteroatoms. The number of benzene rings is 1. The van der Waals surface area contributed by atoms with Crippen LogP contribution in [0.1, 0.15) is 97.2 Å². The molecule has 1 heterocycles. The highest BCUT2D eigenvalue weighted by molar-refractivity contribution is 5.79. The first kappa shape index (κ1) is 20.7. The number of Topliss-reactive ketones (excluding diaryl/α,β-unsaturated/α-hetero) is 1. The fourth-order valence-corrected chi connectivity index (χ4v) is 6.22. The zero-order valence-corrected chi connectivity index (χ0v) is 18.7. The molecule has 3 aliphatic rings. The molecule has 1 aromatic heterocycles. The molecule has 5 rings (SSSR count). The molecule has 31 heavy (non-hydrogen) atoms. The number of carbonyl (C=O) groups excluding carboxylic acids is 1. The molecule has 0 aliphatic heterocycles. The van der Waals surface area contributed by atoms with Gasteiger partial charge >= 0.3 is 0 Å². The molecule has 0 amide bonds. The fourth-order valence-electron chi connectivity index (χ4n) is 6.22. The highest BCUT2D eigenvalue weighted by Gasteiger charge is 2.28. The average molecular weight is 414 g/mol. The van der Waals surface area contributed by atoms with E-state index in [1.165, 1.54) is 72.9 Å². The minimum absolute atomic E-state index is 0.460. The lowest BCUT2D eigenvalue weighted by Gasteiger charge is -2.30. The monoisotopic (exact) mass is 413 g/mol. The lowest BCUT2D eigenvalue weighted by atomic mass is 9.75. The molecule has 2 aromatic rings. The summed E-state index contributed by atoms with van der Waals surface area (Å²) in [6.45, 7) is 0. The number of carbonyl (C=O) groups is 1. The Labute approximate surface area is 187 Å². The van der Waals surface area contributed by atoms with E-state index in [2.05, 4.69) is 36.4 Å². The number of aryl methyl sites for hydroxylation is 3. The zero-order valence-electron chi connectivity index (χ0n) is 18.7. The summed E-state index contributed by atoms with van der Waals surface area (Å²) in [4.78, 5) is 17.7. The van der Waals surface area contributed by atoms with Crippen molar-refractivity contribution in [2.45, 2.75) is 89.4 Å². The molecule has 2 nitrogen and oxygen atoms in total. The maximum Gasteiger partial charge on any atom is 0.133 e. The Morgan fingerprint density at radius 1 is 1.00 bits per heavy atom. The number of fused-ring (bicyclic) bond motifs is 2. The molecule has 0 N–H and O–H groups in total. The molecule has 0 saturated heterocycles. The largest absolute Gasteiger partial charge is 0.300 e. The maximum absolute atomic E-state index is 12.9. The summed E-state index contributed by atoms with van der Waals surface area (Å²) in [6.07, 6.45) is 21.1. The standard InChI is InChI=1S/C29H35NO/c31-26(16-15-23-11-6-10-22-8-1-3-13-27(22)23)20-21-7-5-12-25(19-21)29-28-14-4-2-9-24(28)17-18-30-29/h4,6,10-11,14,17-18,21,25H,1-3,5,7-9,12-13,15-16,19-20H2.